The van der Waals surface area contributed by atoms with Crippen LogP contribution < -0.4 is 0 Å². The van der Waals surface area contributed by atoms with E-state index in [-0.39, 0.29) is 5.56 Å². The summed E-state index contributed by atoms with van der Waals surface area (Å²) in [5.74, 6) is 0. The van der Waals surface area contributed by atoms with Gasteiger partial charge in [0, 0.05) is 0 Å². The van der Waals surface area contributed by atoms with Gasteiger partial charge in [0.1, 0.15) is 6.54 Å². The summed E-state index contributed by atoms with van der Waals surface area (Å²) in [5, 5.41) is 17.3. The van der Waals surface area contributed by atoms with E-state index in [0.717, 1.165) is 5.56 Å². The molecule has 1 atom stereocenters. The van der Waals surface area contributed by atoms with Crippen molar-refractivity contribution >= 4 is 0 Å². The maximum absolute atomic E-state index is 13.2. The van der Waals surface area contributed by atoms with Crippen molar-refractivity contribution in [2.24, 2.45) is 10.2 Å². The van der Waals surface area contributed by atoms with E-state index in [0.29, 0.717) is 0 Å². The molecular weight excluding hydrogens is 269 g/mol. The van der Waals surface area contributed by atoms with Crippen molar-refractivity contribution in [3.8, 4) is 0 Å². The molecule has 0 heterocycles. The SMILES string of the molecule is Cc1ccc(C(O)(CN=NC(C)(C)C)C(F)(F)F)cc1. The summed E-state index contributed by atoms with van der Waals surface area (Å²) >= 11 is 0. The van der Waals surface area contributed by atoms with E-state index in [1.54, 1.807) is 27.7 Å². The second-order valence-electron chi connectivity index (χ2n) is 5.79. The first-order valence-corrected chi connectivity index (χ1v) is 6.21. The predicted molar refractivity (Wildman–Crippen MR) is 70.6 cm³/mol. The zero-order chi connectivity index (χ0) is 15.6. The minimum atomic E-state index is -4.82. The molecule has 0 saturated heterocycles. The first-order chi connectivity index (χ1) is 8.96. The van der Waals surface area contributed by atoms with Gasteiger partial charge in [0.15, 0.2) is 0 Å². The van der Waals surface area contributed by atoms with Crippen LogP contribution in [0.15, 0.2) is 34.5 Å². The first kappa shape index (κ1) is 16.6. The lowest BCUT2D eigenvalue weighted by molar-refractivity contribution is -0.262. The van der Waals surface area contributed by atoms with Crippen LogP contribution >= 0.6 is 0 Å². The molecule has 20 heavy (non-hydrogen) atoms. The number of hydrogen-bond donors (Lipinski definition) is 1. The van der Waals surface area contributed by atoms with Crippen molar-refractivity contribution in [1.82, 2.24) is 0 Å². The fourth-order valence-corrected chi connectivity index (χ4v) is 1.52. The summed E-state index contributed by atoms with van der Waals surface area (Å²) in [4.78, 5) is 0. The zero-order valence-electron chi connectivity index (χ0n) is 12.0. The number of aryl methyl sites for hydroxylation is 1. The van der Waals surface area contributed by atoms with Crippen LogP contribution in [0.4, 0.5) is 13.2 Å². The fourth-order valence-electron chi connectivity index (χ4n) is 1.52. The molecule has 0 radical (unpaired) electrons. The van der Waals surface area contributed by atoms with Crippen LogP contribution in [0.1, 0.15) is 31.9 Å². The fraction of sp³-hybridized carbons (Fsp3) is 0.571. The number of aliphatic hydroxyl groups is 1. The normalized spacial score (nSPS) is 16.4. The zero-order valence-corrected chi connectivity index (χ0v) is 12.0. The third-order valence-corrected chi connectivity index (χ3v) is 2.67. The maximum atomic E-state index is 13.2. The molecular formula is C14H19F3N2O. The van der Waals surface area contributed by atoms with Crippen LogP contribution in [0.2, 0.25) is 0 Å². The molecule has 0 amide bonds. The van der Waals surface area contributed by atoms with Crippen LogP contribution in [-0.2, 0) is 5.60 Å². The van der Waals surface area contributed by atoms with Gasteiger partial charge >= 0.3 is 6.18 Å². The molecule has 1 unspecified atom stereocenters. The highest BCUT2D eigenvalue weighted by atomic mass is 19.4. The Balaban J connectivity index is 3.11. The minimum Gasteiger partial charge on any atom is -0.375 e. The van der Waals surface area contributed by atoms with Gasteiger partial charge in [0.25, 0.3) is 0 Å². The van der Waals surface area contributed by atoms with Crippen molar-refractivity contribution in [2.75, 3.05) is 6.54 Å². The molecule has 0 bridgehead atoms. The predicted octanol–water partition coefficient (Wildman–Crippen LogP) is 4.00. The van der Waals surface area contributed by atoms with E-state index in [2.05, 4.69) is 10.2 Å². The molecule has 0 saturated carbocycles. The van der Waals surface area contributed by atoms with Crippen LogP contribution in [0.5, 0.6) is 0 Å². The van der Waals surface area contributed by atoms with Crippen molar-refractivity contribution in [1.29, 1.82) is 0 Å². The number of benzene rings is 1. The monoisotopic (exact) mass is 288 g/mol. The van der Waals surface area contributed by atoms with Crippen molar-refractivity contribution in [3.63, 3.8) is 0 Å². The Hall–Kier alpha value is -1.43. The van der Waals surface area contributed by atoms with Gasteiger partial charge in [0.05, 0.1) is 5.54 Å². The van der Waals surface area contributed by atoms with E-state index >= 15 is 0 Å². The third-order valence-electron chi connectivity index (χ3n) is 2.67. The molecule has 1 aromatic carbocycles. The lowest BCUT2D eigenvalue weighted by Gasteiger charge is -2.29. The highest BCUT2D eigenvalue weighted by Crippen LogP contribution is 2.39. The highest BCUT2D eigenvalue weighted by molar-refractivity contribution is 5.28. The molecule has 0 fully saturated rings. The Morgan fingerprint density at radius 2 is 1.55 bits per heavy atom. The van der Waals surface area contributed by atoms with E-state index in [1.165, 1.54) is 24.3 Å². The molecule has 1 aromatic rings. The van der Waals surface area contributed by atoms with Gasteiger partial charge in [-0.1, -0.05) is 29.8 Å². The average Bonchev–Trinajstić information content (AvgIpc) is 2.26. The van der Waals surface area contributed by atoms with Crippen LogP contribution in [0, 0.1) is 6.92 Å². The quantitative estimate of drug-likeness (QED) is 0.840. The molecule has 3 nitrogen and oxygen atoms in total. The van der Waals surface area contributed by atoms with Gasteiger partial charge in [-0.2, -0.15) is 23.4 Å². The highest BCUT2D eigenvalue weighted by Gasteiger charge is 2.55. The number of halogens is 3. The van der Waals surface area contributed by atoms with E-state index in [1.807, 2.05) is 0 Å². The topological polar surface area (TPSA) is 45.0 Å². The number of alkyl halides is 3. The number of hydrogen-bond acceptors (Lipinski definition) is 3. The Bertz CT molecular complexity index is 475. The van der Waals surface area contributed by atoms with Gasteiger partial charge in [-0.05, 0) is 33.3 Å². The number of nitrogens with zero attached hydrogens (tertiary/aromatic N) is 2. The Labute approximate surface area is 116 Å². The van der Waals surface area contributed by atoms with Crippen molar-refractivity contribution in [3.05, 3.63) is 35.4 Å². The second kappa shape index (κ2) is 5.52. The Kier molecular flexibility index (Phi) is 4.59. The second-order valence-corrected chi connectivity index (χ2v) is 5.79. The molecule has 6 heteroatoms. The Morgan fingerprint density at radius 1 is 1.05 bits per heavy atom. The maximum Gasteiger partial charge on any atom is 0.423 e. The molecule has 0 spiro atoms. The largest absolute Gasteiger partial charge is 0.423 e. The first-order valence-electron chi connectivity index (χ1n) is 6.21. The van der Waals surface area contributed by atoms with E-state index in [9.17, 15) is 18.3 Å². The van der Waals surface area contributed by atoms with Gasteiger partial charge < -0.3 is 5.11 Å². The lowest BCUT2D eigenvalue weighted by Crippen LogP contribution is -2.45. The summed E-state index contributed by atoms with van der Waals surface area (Å²) in [6, 6.07) is 5.56. The van der Waals surface area contributed by atoms with Gasteiger partial charge in [-0.25, -0.2) is 0 Å². The van der Waals surface area contributed by atoms with Crippen molar-refractivity contribution in [2.45, 2.75) is 45.0 Å². The molecule has 0 aliphatic rings. The Morgan fingerprint density at radius 3 is 1.95 bits per heavy atom. The van der Waals surface area contributed by atoms with Crippen LogP contribution in [0.3, 0.4) is 0 Å². The van der Waals surface area contributed by atoms with Crippen LogP contribution in [0.25, 0.3) is 0 Å². The van der Waals surface area contributed by atoms with E-state index < -0.39 is 23.9 Å². The summed E-state index contributed by atoms with van der Waals surface area (Å²) in [6.45, 7) is 6.06. The number of azo groups is 1. The van der Waals surface area contributed by atoms with Gasteiger partial charge in [0.2, 0.25) is 5.60 Å². The molecule has 0 aromatic heterocycles. The summed E-state index contributed by atoms with van der Waals surface area (Å²) in [6.07, 6.45) is -4.82. The lowest BCUT2D eigenvalue weighted by atomic mass is 9.92. The summed E-state index contributed by atoms with van der Waals surface area (Å²) in [7, 11) is 0. The van der Waals surface area contributed by atoms with E-state index in [4.69, 9.17) is 0 Å². The molecule has 0 aliphatic heterocycles. The minimum absolute atomic E-state index is 0.233. The standard InChI is InChI=1S/C14H19F3N2O/c1-10-5-7-11(8-6-10)13(20,14(15,16)17)9-18-19-12(2,3)4/h5-8,20H,9H2,1-4H3. The number of rotatable bonds is 3. The van der Waals surface area contributed by atoms with Gasteiger partial charge in [-0.15, -0.1) is 0 Å². The van der Waals surface area contributed by atoms with Crippen LogP contribution in [-0.4, -0.2) is 23.4 Å². The summed E-state index contributed by atoms with van der Waals surface area (Å²) < 4.78 is 39.5. The smallest absolute Gasteiger partial charge is 0.375 e. The molecule has 0 aliphatic carbocycles. The summed E-state index contributed by atoms with van der Waals surface area (Å²) in [5.41, 5.74) is -3.02. The molecule has 1 rings (SSSR count). The third kappa shape index (κ3) is 4.03. The molecule has 112 valence electrons. The van der Waals surface area contributed by atoms with Crippen molar-refractivity contribution < 1.29 is 18.3 Å². The average molecular weight is 288 g/mol. The van der Waals surface area contributed by atoms with Gasteiger partial charge in [-0.3, -0.25) is 0 Å². The molecule has 1 N–H and O–H groups in total.